The molecule has 0 radical (unpaired) electrons. The highest BCUT2D eigenvalue weighted by Gasteiger charge is 2.17. The van der Waals surface area contributed by atoms with Crippen molar-refractivity contribution < 1.29 is 14.3 Å². The Morgan fingerprint density at radius 1 is 1.64 bits per heavy atom. The van der Waals surface area contributed by atoms with E-state index in [1.807, 2.05) is 13.8 Å². The average Bonchev–Trinajstić information content (AvgIpc) is 1.98. The maximum Gasteiger partial charge on any atom is 0.323 e. The van der Waals surface area contributed by atoms with Gasteiger partial charge in [-0.25, -0.2) is 0 Å². The van der Waals surface area contributed by atoms with Gasteiger partial charge in [0.05, 0.1) is 0 Å². The summed E-state index contributed by atoms with van der Waals surface area (Å²) in [7, 11) is 0. The molecule has 0 heterocycles. The minimum absolute atomic E-state index is 0.0363. The molecule has 0 saturated carbocycles. The van der Waals surface area contributed by atoms with E-state index in [1.165, 1.54) is 0 Å². The Kier molecular flexibility index (Phi) is 4.45. The molecule has 0 rings (SSSR count). The normalized spacial score (nSPS) is 12.7. The molecule has 0 bridgehead atoms. The number of hydrogen-bond acceptors (Lipinski definition) is 4. The summed E-state index contributed by atoms with van der Waals surface area (Å²) in [6, 6.07) is -0.630. The van der Waals surface area contributed by atoms with Gasteiger partial charge in [0.1, 0.15) is 12.6 Å². The highest BCUT2D eigenvalue weighted by Crippen LogP contribution is 1.99. The van der Waals surface area contributed by atoms with Crippen molar-refractivity contribution in [3.63, 3.8) is 0 Å². The Balaban J connectivity index is 3.73. The van der Waals surface area contributed by atoms with Crippen molar-refractivity contribution in [1.29, 1.82) is 0 Å². The van der Waals surface area contributed by atoms with Gasteiger partial charge in [0.2, 0.25) is 0 Å². The molecule has 4 nitrogen and oxygen atoms in total. The van der Waals surface area contributed by atoms with Gasteiger partial charge in [0, 0.05) is 0 Å². The van der Waals surface area contributed by atoms with Crippen LogP contribution in [-0.4, -0.2) is 24.9 Å². The van der Waals surface area contributed by atoms with E-state index in [4.69, 9.17) is 5.73 Å². The van der Waals surface area contributed by atoms with Crippen LogP contribution in [0.4, 0.5) is 0 Å². The lowest BCUT2D eigenvalue weighted by molar-refractivity contribution is -0.148. The Morgan fingerprint density at radius 2 is 2.18 bits per heavy atom. The fourth-order valence-electron chi connectivity index (χ4n) is 0.485. The van der Waals surface area contributed by atoms with E-state index in [1.54, 1.807) is 0 Å². The van der Waals surface area contributed by atoms with E-state index in [9.17, 15) is 9.59 Å². The van der Waals surface area contributed by atoms with Crippen LogP contribution in [-0.2, 0) is 14.3 Å². The van der Waals surface area contributed by atoms with Crippen LogP contribution in [0.5, 0.6) is 0 Å². The Bertz CT molecular complexity index is 145. The van der Waals surface area contributed by atoms with Crippen LogP contribution >= 0.6 is 0 Å². The molecule has 4 heteroatoms. The predicted molar refractivity (Wildman–Crippen MR) is 39.8 cm³/mol. The first kappa shape index (κ1) is 10.1. The van der Waals surface area contributed by atoms with Crippen molar-refractivity contribution >= 4 is 12.3 Å². The van der Waals surface area contributed by atoms with E-state index in [2.05, 4.69) is 4.74 Å². The molecule has 64 valence electrons. The lowest BCUT2D eigenvalue weighted by atomic mass is 10.1. The number of hydrogen-bond donors (Lipinski definition) is 1. The number of rotatable bonds is 4. The first-order valence-corrected chi connectivity index (χ1v) is 3.45. The van der Waals surface area contributed by atoms with Gasteiger partial charge >= 0.3 is 5.97 Å². The number of ether oxygens (including phenoxy) is 1. The fraction of sp³-hybridized carbons (Fsp3) is 0.714. The minimum Gasteiger partial charge on any atom is -0.457 e. The van der Waals surface area contributed by atoms with Crippen LogP contribution in [0.2, 0.25) is 0 Å². The number of carbonyl (C=O) groups excluding carboxylic acids is 2. The van der Waals surface area contributed by atoms with Gasteiger partial charge in [-0.15, -0.1) is 0 Å². The second kappa shape index (κ2) is 4.85. The van der Waals surface area contributed by atoms with E-state index in [-0.39, 0.29) is 12.5 Å². The summed E-state index contributed by atoms with van der Waals surface area (Å²) >= 11 is 0. The van der Waals surface area contributed by atoms with Crippen LogP contribution < -0.4 is 5.73 Å². The minimum atomic E-state index is -0.630. The number of esters is 1. The van der Waals surface area contributed by atoms with Gasteiger partial charge in [-0.1, -0.05) is 13.8 Å². The molecule has 0 aliphatic carbocycles. The van der Waals surface area contributed by atoms with Crippen LogP contribution in [0.3, 0.4) is 0 Å². The first-order valence-electron chi connectivity index (χ1n) is 3.45. The van der Waals surface area contributed by atoms with E-state index >= 15 is 0 Å². The summed E-state index contributed by atoms with van der Waals surface area (Å²) in [6.07, 6.45) is 0.519. The molecular formula is C7H13NO3. The summed E-state index contributed by atoms with van der Waals surface area (Å²) in [4.78, 5) is 20.6. The Morgan fingerprint density at radius 3 is 2.55 bits per heavy atom. The van der Waals surface area contributed by atoms with Gasteiger partial charge in [-0.05, 0) is 5.92 Å². The molecule has 1 atom stereocenters. The monoisotopic (exact) mass is 159 g/mol. The van der Waals surface area contributed by atoms with E-state index < -0.39 is 12.0 Å². The molecule has 0 aromatic carbocycles. The summed E-state index contributed by atoms with van der Waals surface area (Å²) in [5.41, 5.74) is 5.41. The standard InChI is InChI=1S/C7H13NO3/c1-5(2)6(8)7(10)11-4-3-9/h3,5-6H,4,8H2,1-2H3/t6-/m1/s1. The Labute approximate surface area is 65.7 Å². The molecule has 2 N–H and O–H groups in total. The molecule has 0 unspecified atom stereocenters. The third-order valence-electron chi connectivity index (χ3n) is 1.28. The molecule has 0 amide bonds. The van der Waals surface area contributed by atoms with Crippen molar-refractivity contribution in [1.82, 2.24) is 0 Å². The maximum absolute atomic E-state index is 10.8. The molecule has 0 fully saturated rings. The summed E-state index contributed by atoms with van der Waals surface area (Å²) < 4.78 is 4.48. The van der Waals surface area contributed by atoms with Crippen LogP contribution in [0, 0.1) is 5.92 Å². The topological polar surface area (TPSA) is 69.4 Å². The highest BCUT2D eigenvalue weighted by molar-refractivity contribution is 5.77. The van der Waals surface area contributed by atoms with E-state index in [0.717, 1.165) is 0 Å². The third-order valence-corrected chi connectivity index (χ3v) is 1.28. The van der Waals surface area contributed by atoms with Gasteiger partial charge in [-0.2, -0.15) is 0 Å². The SMILES string of the molecule is CC(C)[C@@H](N)C(=O)OCC=O. The smallest absolute Gasteiger partial charge is 0.323 e. The lowest BCUT2D eigenvalue weighted by Gasteiger charge is -2.12. The molecule has 0 aromatic heterocycles. The van der Waals surface area contributed by atoms with Gasteiger partial charge < -0.3 is 10.5 Å². The highest BCUT2D eigenvalue weighted by atomic mass is 16.5. The quantitative estimate of drug-likeness (QED) is 0.452. The summed E-state index contributed by atoms with van der Waals surface area (Å²) in [5.74, 6) is -0.485. The zero-order valence-corrected chi connectivity index (χ0v) is 6.74. The molecule has 0 saturated heterocycles. The Hall–Kier alpha value is -0.900. The second-order valence-electron chi connectivity index (χ2n) is 2.57. The molecule has 0 aliphatic rings. The fourth-order valence-corrected chi connectivity index (χ4v) is 0.485. The van der Waals surface area contributed by atoms with Crippen molar-refractivity contribution in [3.05, 3.63) is 0 Å². The second-order valence-corrected chi connectivity index (χ2v) is 2.57. The van der Waals surface area contributed by atoms with Crippen molar-refractivity contribution in [3.8, 4) is 0 Å². The van der Waals surface area contributed by atoms with Crippen molar-refractivity contribution in [2.45, 2.75) is 19.9 Å². The largest absolute Gasteiger partial charge is 0.457 e. The first-order chi connectivity index (χ1) is 5.09. The predicted octanol–water partition coefficient (Wildman–Crippen LogP) is -0.288. The number of aldehydes is 1. The molecule has 11 heavy (non-hydrogen) atoms. The van der Waals surface area contributed by atoms with Crippen molar-refractivity contribution in [2.75, 3.05) is 6.61 Å². The van der Waals surface area contributed by atoms with Crippen molar-refractivity contribution in [2.24, 2.45) is 11.7 Å². The van der Waals surface area contributed by atoms with Gasteiger partial charge in [0.15, 0.2) is 6.29 Å². The molecule has 0 aliphatic heterocycles. The maximum atomic E-state index is 10.8. The summed E-state index contributed by atoms with van der Waals surface area (Å²) in [6.45, 7) is 3.42. The van der Waals surface area contributed by atoms with Gasteiger partial charge in [-0.3, -0.25) is 9.59 Å². The van der Waals surface area contributed by atoms with Crippen LogP contribution in [0.1, 0.15) is 13.8 Å². The summed E-state index contributed by atoms with van der Waals surface area (Å²) in [5, 5.41) is 0. The average molecular weight is 159 g/mol. The molecule has 0 spiro atoms. The number of carbonyl (C=O) groups is 2. The zero-order chi connectivity index (χ0) is 8.85. The molecule has 0 aromatic rings. The lowest BCUT2D eigenvalue weighted by Crippen LogP contribution is -2.37. The van der Waals surface area contributed by atoms with Gasteiger partial charge in [0.25, 0.3) is 0 Å². The number of nitrogens with two attached hydrogens (primary N) is 1. The molecular weight excluding hydrogens is 146 g/mol. The van der Waals surface area contributed by atoms with Crippen LogP contribution in [0.15, 0.2) is 0 Å². The zero-order valence-electron chi connectivity index (χ0n) is 6.74. The third kappa shape index (κ3) is 3.72. The van der Waals surface area contributed by atoms with Crippen LogP contribution in [0.25, 0.3) is 0 Å². The van der Waals surface area contributed by atoms with E-state index in [0.29, 0.717) is 6.29 Å².